The molecule has 9 heavy (non-hydrogen) atoms. The highest BCUT2D eigenvalue weighted by molar-refractivity contribution is 4.94. The molecule has 0 amide bonds. The van der Waals surface area contributed by atoms with Crippen LogP contribution in [-0.4, -0.2) is 24.3 Å². The molecule has 1 saturated carbocycles. The Balaban J connectivity index is 2.01. The normalized spacial score (nSPS) is 48.3. The van der Waals surface area contributed by atoms with Gasteiger partial charge < -0.3 is 10.4 Å². The van der Waals surface area contributed by atoms with Crippen LogP contribution in [0.25, 0.3) is 0 Å². The van der Waals surface area contributed by atoms with Crippen molar-refractivity contribution in [1.82, 2.24) is 5.32 Å². The number of aliphatic hydroxyl groups excluding tert-OH is 1. The van der Waals surface area contributed by atoms with Gasteiger partial charge in [-0.3, -0.25) is 0 Å². The number of hydrogen-bond donors (Lipinski definition) is 2. The third kappa shape index (κ3) is 0.775. The molecule has 0 aromatic heterocycles. The lowest BCUT2D eigenvalue weighted by molar-refractivity contribution is 0.183. The lowest BCUT2D eigenvalue weighted by atomic mass is 9.97. The maximum atomic E-state index is 8.86. The van der Waals surface area contributed by atoms with Gasteiger partial charge in [-0.15, -0.1) is 0 Å². The molecule has 2 aliphatic rings. The number of aliphatic hydroxyl groups is 1. The minimum absolute atomic E-state index is 0.406. The van der Waals surface area contributed by atoms with Gasteiger partial charge in [-0.1, -0.05) is 0 Å². The first-order valence-corrected chi connectivity index (χ1v) is 3.74. The lowest BCUT2D eigenvalue weighted by Crippen LogP contribution is -2.30. The molecule has 3 atom stereocenters. The van der Waals surface area contributed by atoms with Gasteiger partial charge in [0.25, 0.3) is 0 Å². The fourth-order valence-corrected chi connectivity index (χ4v) is 2.17. The molecule has 0 spiro atoms. The summed E-state index contributed by atoms with van der Waals surface area (Å²) in [7, 11) is 0. The highest BCUT2D eigenvalue weighted by atomic mass is 16.3. The highest BCUT2D eigenvalue weighted by Gasteiger charge is 2.38. The quantitative estimate of drug-likeness (QED) is 0.518. The van der Waals surface area contributed by atoms with Crippen LogP contribution >= 0.6 is 0 Å². The van der Waals surface area contributed by atoms with E-state index in [4.69, 9.17) is 5.11 Å². The summed E-state index contributed by atoms with van der Waals surface area (Å²) < 4.78 is 0. The SMILES string of the molecule is OCC1C[C@H]2C[C@@H]1CN2. The predicted molar refractivity (Wildman–Crippen MR) is 35.1 cm³/mol. The topological polar surface area (TPSA) is 32.3 Å². The Bertz CT molecular complexity index is 115. The fraction of sp³-hybridized carbons (Fsp3) is 1.00. The van der Waals surface area contributed by atoms with E-state index >= 15 is 0 Å². The number of hydrogen-bond acceptors (Lipinski definition) is 2. The maximum absolute atomic E-state index is 8.86. The lowest BCUT2D eigenvalue weighted by Gasteiger charge is -2.19. The van der Waals surface area contributed by atoms with E-state index in [9.17, 15) is 0 Å². The van der Waals surface area contributed by atoms with Crippen molar-refractivity contribution in [1.29, 1.82) is 0 Å². The second kappa shape index (κ2) is 1.96. The van der Waals surface area contributed by atoms with Crippen LogP contribution in [0.4, 0.5) is 0 Å². The highest BCUT2D eigenvalue weighted by Crippen LogP contribution is 2.35. The summed E-state index contributed by atoms with van der Waals surface area (Å²) in [4.78, 5) is 0. The molecule has 1 heterocycles. The molecule has 2 heteroatoms. The molecule has 1 unspecified atom stereocenters. The summed E-state index contributed by atoms with van der Waals surface area (Å²) in [5, 5.41) is 12.3. The first-order valence-electron chi connectivity index (χ1n) is 3.74. The molecule has 2 nitrogen and oxygen atoms in total. The monoisotopic (exact) mass is 127 g/mol. The van der Waals surface area contributed by atoms with E-state index in [0.29, 0.717) is 12.5 Å². The second-order valence-electron chi connectivity index (χ2n) is 3.28. The summed E-state index contributed by atoms with van der Waals surface area (Å²) in [6.45, 7) is 1.55. The Labute approximate surface area is 55.3 Å². The van der Waals surface area contributed by atoms with Crippen molar-refractivity contribution in [3.8, 4) is 0 Å². The van der Waals surface area contributed by atoms with Crippen LogP contribution in [0.15, 0.2) is 0 Å². The van der Waals surface area contributed by atoms with Crippen molar-refractivity contribution >= 4 is 0 Å². The van der Waals surface area contributed by atoms with Crippen LogP contribution in [0, 0.1) is 11.8 Å². The predicted octanol–water partition coefficient (Wildman–Crippen LogP) is -0.0233. The van der Waals surface area contributed by atoms with Crippen molar-refractivity contribution in [2.24, 2.45) is 11.8 Å². The van der Waals surface area contributed by atoms with Crippen LogP contribution < -0.4 is 5.32 Å². The van der Waals surface area contributed by atoms with Gasteiger partial charge in [0.2, 0.25) is 0 Å². The summed E-state index contributed by atoms with van der Waals surface area (Å²) >= 11 is 0. The fourth-order valence-electron chi connectivity index (χ4n) is 2.17. The van der Waals surface area contributed by atoms with Crippen LogP contribution in [0.1, 0.15) is 12.8 Å². The first-order chi connectivity index (χ1) is 4.40. The zero-order valence-corrected chi connectivity index (χ0v) is 5.51. The van der Waals surface area contributed by atoms with E-state index in [0.717, 1.165) is 18.5 Å². The average Bonchev–Trinajstić information content (AvgIpc) is 2.45. The van der Waals surface area contributed by atoms with Crippen LogP contribution in [0.3, 0.4) is 0 Å². The number of piperidine rings is 1. The average molecular weight is 127 g/mol. The Morgan fingerprint density at radius 1 is 1.44 bits per heavy atom. The molecule has 1 saturated heterocycles. The van der Waals surface area contributed by atoms with Crippen LogP contribution in [0.2, 0.25) is 0 Å². The zero-order valence-electron chi connectivity index (χ0n) is 5.51. The Morgan fingerprint density at radius 3 is 2.67 bits per heavy atom. The van der Waals surface area contributed by atoms with E-state index in [2.05, 4.69) is 5.32 Å². The van der Waals surface area contributed by atoms with Crippen molar-refractivity contribution in [2.75, 3.05) is 13.2 Å². The van der Waals surface area contributed by atoms with Crippen molar-refractivity contribution in [3.63, 3.8) is 0 Å². The van der Waals surface area contributed by atoms with Crippen LogP contribution in [0.5, 0.6) is 0 Å². The molecule has 0 radical (unpaired) electrons. The molecule has 0 aromatic rings. The van der Waals surface area contributed by atoms with Gasteiger partial charge in [-0.2, -0.15) is 0 Å². The van der Waals surface area contributed by atoms with Gasteiger partial charge in [0.1, 0.15) is 0 Å². The molecule has 2 bridgehead atoms. The molecule has 1 aliphatic heterocycles. The van der Waals surface area contributed by atoms with Gasteiger partial charge in [0.05, 0.1) is 0 Å². The third-order valence-corrected chi connectivity index (χ3v) is 2.74. The minimum atomic E-state index is 0.406. The molecular weight excluding hydrogens is 114 g/mol. The van der Waals surface area contributed by atoms with Gasteiger partial charge in [0, 0.05) is 12.6 Å². The molecule has 2 rings (SSSR count). The largest absolute Gasteiger partial charge is 0.396 e. The number of fused-ring (bicyclic) bond motifs is 2. The van der Waals surface area contributed by atoms with Crippen LogP contribution in [-0.2, 0) is 0 Å². The molecule has 2 N–H and O–H groups in total. The summed E-state index contributed by atoms with van der Waals surface area (Å²) in [5.41, 5.74) is 0. The van der Waals surface area contributed by atoms with E-state index in [1.54, 1.807) is 0 Å². The van der Waals surface area contributed by atoms with E-state index in [1.165, 1.54) is 12.8 Å². The second-order valence-corrected chi connectivity index (χ2v) is 3.28. The Morgan fingerprint density at radius 2 is 2.33 bits per heavy atom. The van der Waals surface area contributed by atoms with Gasteiger partial charge in [-0.05, 0) is 31.2 Å². The molecule has 0 aromatic carbocycles. The Hall–Kier alpha value is -0.0800. The van der Waals surface area contributed by atoms with E-state index in [1.807, 2.05) is 0 Å². The zero-order chi connectivity index (χ0) is 6.27. The van der Waals surface area contributed by atoms with E-state index in [-0.39, 0.29) is 0 Å². The van der Waals surface area contributed by atoms with Crippen molar-refractivity contribution < 1.29 is 5.11 Å². The number of rotatable bonds is 1. The van der Waals surface area contributed by atoms with Gasteiger partial charge in [0.15, 0.2) is 0 Å². The van der Waals surface area contributed by atoms with Crippen molar-refractivity contribution in [2.45, 2.75) is 18.9 Å². The van der Waals surface area contributed by atoms with Gasteiger partial charge in [-0.25, -0.2) is 0 Å². The summed E-state index contributed by atoms with van der Waals surface area (Å²) in [6.07, 6.45) is 2.52. The summed E-state index contributed by atoms with van der Waals surface area (Å²) in [5.74, 6) is 1.41. The smallest absolute Gasteiger partial charge is 0.0462 e. The first kappa shape index (κ1) is 5.69. The summed E-state index contributed by atoms with van der Waals surface area (Å²) in [6, 6.07) is 0.743. The van der Waals surface area contributed by atoms with Gasteiger partial charge >= 0.3 is 0 Å². The molecular formula is C7H13NO. The third-order valence-electron chi connectivity index (χ3n) is 2.74. The standard InChI is InChI=1S/C7H13NO/c9-4-6-2-7-1-5(6)3-8-7/h5-9H,1-4H2/t5-,6?,7-/m1/s1. The molecule has 52 valence electrons. The number of nitrogens with one attached hydrogen (secondary N) is 1. The maximum Gasteiger partial charge on any atom is 0.0462 e. The molecule has 1 aliphatic carbocycles. The van der Waals surface area contributed by atoms with Crippen molar-refractivity contribution in [3.05, 3.63) is 0 Å². The van der Waals surface area contributed by atoms with E-state index < -0.39 is 0 Å². The Kier molecular flexibility index (Phi) is 1.24. The molecule has 2 fully saturated rings. The minimum Gasteiger partial charge on any atom is -0.396 e.